The number of hydrogen-bond donors (Lipinski definition) is 0. The van der Waals surface area contributed by atoms with Gasteiger partial charge in [-0.3, -0.25) is 4.79 Å². The molecule has 2 aromatic rings. The largest absolute Gasteiger partial charge is 0.299 e. The zero-order valence-electron chi connectivity index (χ0n) is 12.0. The van der Waals surface area contributed by atoms with Crippen LogP contribution in [0.15, 0.2) is 24.3 Å². The van der Waals surface area contributed by atoms with E-state index in [4.69, 9.17) is 0 Å². The number of aryl methyl sites for hydroxylation is 2. The fraction of sp³-hybridized carbons (Fsp3) is 0.400. The van der Waals surface area contributed by atoms with Gasteiger partial charge in [-0.25, -0.2) is 0 Å². The number of carbonyl (C=O) groups excluding carboxylic acids is 1. The van der Waals surface area contributed by atoms with E-state index in [1.54, 1.807) is 6.92 Å². The normalized spacial score (nSPS) is 10.8. The summed E-state index contributed by atoms with van der Waals surface area (Å²) in [6, 6.07) is 7.85. The fourth-order valence-corrected chi connectivity index (χ4v) is 1.77. The molecule has 104 valence electrons. The van der Waals surface area contributed by atoms with Gasteiger partial charge in [0.2, 0.25) is 5.82 Å². The van der Waals surface area contributed by atoms with Gasteiger partial charge in [-0.15, -0.1) is 20.4 Å². The predicted octanol–water partition coefficient (Wildman–Crippen LogP) is 2.40. The molecular weight excluding hydrogens is 252 g/mol. The Morgan fingerprint density at radius 2 is 1.65 bits per heavy atom. The minimum absolute atomic E-state index is 0.104. The predicted molar refractivity (Wildman–Crippen MR) is 76.0 cm³/mol. The second-order valence-electron chi connectivity index (χ2n) is 5.09. The van der Waals surface area contributed by atoms with Crippen LogP contribution in [0.2, 0.25) is 0 Å². The number of rotatable bonds is 5. The van der Waals surface area contributed by atoms with Crippen molar-refractivity contribution < 1.29 is 4.79 Å². The maximum absolute atomic E-state index is 11.6. The smallest absolute Gasteiger partial charge is 0.203 e. The monoisotopic (exact) mass is 270 g/mol. The lowest BCUT2D eigenvalue weighted by molar-refractivity contribution is -0.121. The Morgan fingerprint density at radius 1 is 1.05 bits per heavy atom. The second-order valence-corrected chi connectivity index (χ2v) is 5.09. The molecule has 0 unspecified atom stereocenters. The van der Waals surface area contributed by atoms with E-state index in [1.807, 2.05) is 38.1 Å². The first-order valence-corrected chi connectivity index (χ1v) is 6.72. The van der Waals surface area contributed by atoms with Crippen molar-refractivity contribution in [3.8, 4) is 11.4 Å². The molecular formula is C15H18N4O. The van der Waals surface area contributed by atoms with Crippen molar-refractivity contribution in [2.75, 3.05) is 0 Å². The van der Waals surface area contributed by atoms with E-state index in [9.17, 15) is 4.79 Å². The highest BCUT2D eigenvalue weighted by Gasteiger charge is 2.08. The van der Waals surface area contributed by atoms with Crippen LogP contribution in [0.4, 0.5) is 0 Å². The Morgan fingerprint density at radius 3 is 2.20 bits per heavy atom. The van der Waals surface area contributed by atoms with Crippen LogP contribution < -0.4 is 0 Å². The summed E-state index contributed by atoms with van der Waals surface area (Å²) in [5.74, 6) is 1.47. The number of hydrogen-bond acceptors (Lipinski definition) is 5. The van der Waals surface area contributed by atoms with E-state index in [1.165, 1.54) is 0 Å². The fourth-order valence-electron chi connectivity index (χ4n) is 1.77. The SMILES string of the molecule is Cc1nnc(-c2ccc(CCC(=O)C(C)C)cc2)nn1. The van der Waals surface area contributed by atoms with Gasteiger partial charge in [-0.1, -0.05) is 38.1 Å². The molecule has 5 nitrogen and oxygen atoms in total. The third kappa shape index (κ3) is 3.66. The van der Waals surface area contributed by atoms with Gasteiger partial charge in [0.05, 0.1) is 0 Å². The van der Waals surface area contributed by atoms with E-state index in [-0.39, 0.29) is 5.92 Å². The van der Waals surface area contributed by atoms with Crippen LogP contribution >= 0.6 is 0 Å². The quantitative estimate of drug-likeness (QED) is 0.834. The first-order valence-electron chi connectivity index (χ1n) is 6.72. The van der Waals surface area contributed by atoms with Crippen LogP contribution in [0, 0.1) is 12.8 Å². The first kappa shape index (κ1) is 14.2. The average molecular weight is 270 g/mol. The summed E-state index contributed by atoms with van der Waals surface area (Å²) in [5.41, 5.74) is 2.01. The van der Waals surface area contributed by atoms with Crippen LogP contribution in [0.1, 0.15) is 31.7 Å². The lowest BCUT2D eigenvalue weighted by Gasteiger charge is -2.05. The van der Waals surface area contributed by atoms with Gasteiger partial charge >= 0.3 is 0 Å². The molecule has 1 heterocycles. The molecule has 0 bridgehead atoms. The van der Waals surface area contributed by atoms with Gasteiger partial charge < -0.3 is 0 Å². The molecule has 0 spiro atoms. The molecule has 0 saturated carbocycles. The lowest BCUT2D eigenvalue weighted by atomic mass is 10.0. The van der Waals surface area contributed by atoms with Crippen molar-refractivity contribution >= 4 is 5.78 Å². The Kier molecular flexibility index (Phi) is 4.50. The van der Waals surface area contributed by atoms with Gasteiger partial charge in [0, 0.05) is 17.9 Å². The first-order chi connectivity index (χ1) is 9.56. The van der Waals surface area contributed by atoms with Gasteiger partial charge in [-0.2, -0.15) is 0 Å². The molecule has 1 aromatic heterocycles. The summed E-state index contributed by atoms with van der Waals surface area (Å²) in [7, 11) is 0. The minimum atomic E-state index is 0.104. The molecule has 0 saturated heterocycles. The van der Waals surface area contributed by atoms with Crippen molar-refractivity contribution in [1.29, 1.82) is 0 Å². The maximum Gasteiger partial charge on any atom is 0.203 e. The summed E-state index contributed by atoms with van der Waals surface area (Å²) in [6.45, 7) is 5.61. The summed E-state index contributed by atoms with van der Waals surface area (Å²) >= 11 is 0. The van der Waals surface area contributed by atoms with E-state index in [0.717, 1.165) is 17.5 Å². The number of ketones is 1. The van der Waals surface area contributed by atoms with Gasteiger partial charge in [0.15, 0.2) is 5.82 Å². The molecule has 0 radical (unpaired) electrons. The molecule has 0 aliphatic rings. The van der Waals surface area contributed by atoms with Crippen molar-refractivity contribution in [3.63, 3.8) is 0 Å². The molecule has 20 heavy (non-hydrogen) atoms. The summed E-state index contributed by atoms with van der Waals surface area (Å²) in [6.07, 6.45) is 1.35. The van der Waals surface area contributed by atoms with Crippen molar-refractivity contribution in [1.82, 2.24) is 20.4 Å². The highest BCUT2D eigenvalue weighted by Crippen LogP contribution is 2.15. The van der Waals surface area contributed by atoms with Crippen molar-refractivity contribution in [2.24, 2.45) is 5.92 Å². The van der Waals surface area contributed by atoms with E-state index < -0.39 is 0 Å². The standard InChI is InChI=1S/C15H18N4O/c1-10(2)14(20)9-6-12-4-7-13(8-5-12)15-18-16-11(3)17-19-15/h4-5,7-8,10H,6,9H2,1-3H3. The maximum atomic E-state index is 11.6. The number of benzene rings is 1. The van der Waals surface area contributed by atoms with Crippen molar-refractivity contribution in [3.05, 3.63) is 35.7 Å². The molecule has 0 aliphatic heterocycles. The van der Waals surface area contributed by atoms with Crippen LogP contribution in [-0.4, -0.2) is 26.2 Å². The Balaban J connectivity index is 2.03. The second kappa shape index (κ2) is 6.32. The molecule has 5 heteroatoms. The van der Waals surface area contributed by atoms with Gasteiger partial charge in [-0.05, 0) is 18.9 Å². The van der Waals surface area contributed by atoms with Crippen LogP contribution in [0.3, 0.4) is 0 Å². The van der Waals surface area contributed by atoms with Gasteiger partial charge in [0.25, 0.3) is 0 Å². The third-order valence-electron chi connectivity index (χ3n) is 3.10. The third-order valence-corrected chi connectivity index (χ3v) is 3.10. The van der Waals surface area contributed by atoms with Gasteiger partial charge in [0.1, 0.15) is 5.78 Å². The Hall–Kier alpha value is -2.17. The molecule has 0 aliphatic carbocycles. The summed E-state index contributed by atoms with van der Waals surface area (Å²) < 4.78 is 0. The van der Waals surface area contributed by atoms with E-state index in [2.05, 4.69) is 20.4 Å². The molecule has 0 N–H and O–H groups in total. The van der Waals surface area contributed by atoms with Crippen LogP contribution in [0.5, 0.6) is 0 Å². The zero-order chi connectivity index (χ0) is 14.5. The van der Waals surface area contributed by atoms with Crippen LogP contribution in [-0.2, 0) is 11.2 Å². The molecule has 0 amide bonds. The molecule has 2 rings (SSSR count). The Labute approximate surface area is 118 Å². The highest BCUT2D eigenvalue weighted by molar-refractivity contribution is 5.80. The van der Waals surface area contributed by atoms with E-state index >= 15 is 0 Å². The molecule has 1 aromatic carbocycles. The van der Waals surface area contributed by atoms with Crippen molar-refractivity contribution in [2.45, 2.75) is 33.6 Å². The summed E-state index contributed by atoms with van der Waals surface area (Å²) in [4.78, 5) is 11.6. The zero-order valence-corrected chi connectivity index (χ0v) is 12.0. The molecule has 0 atom stereocenters. The average Bonchev–Trinajstić information content (AvgIpc) is 2.46. The number of carbonyl (C=O) groups is 1. The number of aromatic nitrogens is 4. The topological polar surface area (TPSA) is 68.6 Å². The number of Topliss-reactive ketones (excluding diaryl/α,β-unsaturated/α-hetero) is 1. The lowest BCUT2D eigenvalue weighted by Crippen LogP contribution is -2.07. The number of nitrogens with zero attached hydrogens (tertiary/aromatic N) is 4. The minimum Gasteiger partial charge on any atom is -0.299 e. The van der Waals surface area contributed by atoms with Crippen LogP contribution in [0.25, 0.3) is 11.4 Å². The Bertz CT molecular complexity index is 576. The highest BCUT2D eigenvalue weighted by atomic mass is 16.1. The summed E-state index contributed by atoms with van der Waals surface area (Å²) in [5, 5.41) is 15.8. The molecule has 0 fully saturated rings. The van der Waals surface area contributed by atoms with E-state index in [0.29, 0.717) is 23.9 Å².